The first-order chi connectivity index (χ1) is 9.56. The molecule has 5 nitrogen and oxygen atoms in total. The topological polar surface area (TPSA) is 60.7 Å². The number of rotatable bonds is 1. The van der Waals surface area contributed by atoms with Gasteiger partial charge in [-0.15, -0.1) is 0 Å². The molecule has 3 aromatic rings. The number of fused-ring (bicyclic) bond motifs is 1. The monoisotopic (exact) mass is 306 g/mol. The van der Waals surface area contributed by atoms with Crippen molar-refractivity contribution in [2.45, 2.75) is 6.92 Å². The molecule has 1 aromatic carbocycles. The van der Waals surface area contributed by atoms with E-state index >= 15 is 0 Å². The molecule has 0 radical (unpaired) electrons. The number of nitrogens with zero attached hydrogens (tertiary/aromatic N) is 4. The summed E-state index contributed by atoms with van der Waals surface area (Å²) in [5.41, 5.74) is 2.19. The fraction of sp³-hybridized carbons (Fsp3) is 0.0769. The third-order valence-electron chi connectivity index (χ3n) is 2.73. The third-order valence-corrected chi connectivity index (χ3v) is 3.27. The van der Waals surface area contributed by atoms with Gasteiger partial charge in [0.15, 0.2) is 5.15 Å². The Kier molecular flexibility index (Phi) is 3.16. The molecular weight excluding hydrogens is 299 g/mol. The molecule has 100 valence electrons. The first-order valence-corrected chi connectivity index (χ1v) is 6.51. The lowest BCUT2D eigenvalue weighted by Crippen LogP contribution is -2.07. The quantitative estimate of drug-likeness (QED) is 0.691. The smallest absolute Gasteiger partial charge is 0.245 e. The molecule has 20 heavy (non-hydrogen) atoms. The molecule has 0 aliphatic heterocycles. The van der Waals surface area contributed by atoms with E-state index in [4.69, 9.17) is 23.2 Å². The first kappa shape index (κ1) is 13.0. The van der Waals surface area contributed by atoms with Crippen molar-refractivity contribution in [2.24, 2.45) is 0 Å². The summed E-state index contributed by atoms with van der Waals surface area (Å²) < 4.78 is 1.09. The minimum atomic E-state index is -0.286. The SMILES string of the molecule is CC(=O)n1nc(-c2nc3ccccc3nc2Cl)cc1Cl. The van der Waals surface area contributed by atoms with Crippen LogP contribution in [-0.4, -0.2) is 25.7 Å². The highest BCUT2D eigenvalue weighted by molar-refractivity contribution is 6.32. The van der Waals surface area contributed by atoms with Gasteiger partial charge < -0.3 is 0 Å². The second kappa shape index (κ2) is 4.85. The highest BCUT2D eigenvalue weighted by Crippen LogP contribution is 2.27. The van der Waals surface area contributed by atoms with Crippen molar-refractivity contribution in [1.82, 2.24) is 19.7 Å². The molecule has 0 saturated carbocycles. The molecule has 0 aliphatic carbocycles. The Hall–Kier alpha value is -1.98. The van der Waals surface area contributed by atoms with Crippen LogP contribution in [0.3, 0.4) is 0 Å². The van der Waals surface area contributed by atoms with Crippen LogP contribution in [0, 0.1) is 0 Å². The van der Waals surface area contributed by atoms with E-state index in [1.807, 2.05) is 24.3 Å². The normalized spacial score (nSPS) is 10.9. The number of benzene rings is 1. The Balaban J connectivity index is 2.21. The first-order valence-electron chi connectivity index (χ1n) is 5.75. The Morgan fingerprint density at radius 1 is 1.15 bits per heavy atom. The Morgan fingerprint density at radius 2 is 1.80 bits per heavy atom. The fourth-order valence-electron chi connectivity index (χ4n) is 1.84. The number of para-hydroxylation sites is 2. The molecule has 0 spiro atoms. The van der Waals surface area contributed by atoms with Crippen LogP contribution in [0.15, 0.2) is 30.3 Å². The lowest BCUT2D eigenvalue weighted by Gasteiger charge is -2.02. The lowest BCUT2D eigenvalue weighted by molar-refractivity contribution is 0.0922. The van der Waals surface area contributed by atoms with E-state index in [-0.39, 0.29) is 16.2 Å². The number of hydrogen-bond donors (Lipinski definition) is 0. The average molecular weight is 307 g/mol. The summed E-state index contributed by atoms with van der Waals surface area (Å²) in [4.78, 5) is 20.0. The Labute approximate surface area is 124 Å². The highest BCUT2D eigenvalue weighted by atomic mass is 35.5. The summed E-state index contributed by atoms with van der Waals surface area (Å²) in [7, 11) is 0. The molecule has 0 amide bonds. The maximum atomic E-state index is 11.4. The summed E-state index contributed by atoms with van der Waals surface area (Å²) in [6, 6.07) is 8.89. The maximum Gasteiger partial charge on any atom is 0.245 e. The van der Waals surface area contributed by atoms with Crippen LogP contribution in [0.5, 0.6) is 0 Å². The highest BCUT2D eigenvalue weighted by Gasteiger charge is 2.16. The van der Waals surface area contributed by atoms with Crippen molar-refractivity contribution >= 4 is 40.1 Å². The van der Waals surface area contributed by atoms with Crippen molar-refractivity contribution in [3.8, 4) is 11.4 Å². The van der Waals surface area contributed by atoms with Gasteiger partial charge in [0.1, 0.15) is 16.5 Å². The molecule has 0 unspecified atom stereocenters. The van der Waals surface area contributed by atoms with Crippen molar-refractivity contribution in [1.29, 1.82) is 0 Å². The predicted molar refractivity (Wildman–Crippen MR) is 77.1 cm³/mol. The molecule has 0 bridgehead atoms. The predicted octanol–water partition coefficient (Wildman–Crippen LogP) is 3.46. The zero-order valence-electron chi connectivity index (χ0n) is 10.3. The third kappa shape index (κ3) is 2.15. The van der Waals surface area contributed by atoms with Crippen LogP contribution in [0.4, 0.5) is 0 Å². The largest absolute Gasteiger partial charge is 0.273 e. The van der Waals surface area contributed by atoms with E-state index < -0.39 is 0 Å². The van der Waals surface area contributed by atoms with E-state index in [2.05, 4.69) is 15.1 Å². The number of aromatic nitrogens is 4. The summed E-state index contributed by atoms with van der Waals surface area (Å²) in [6.45, 7) is 1.37. The van der Waals surface area contributed by atoms with Gasteiger partial charge in [-0.25, -0.2) is 9.97 Å². The minimum absolute atomic E-state index is 0.207. The second-order valence-electron chi connectivity index (χ2n) is 4.13. The number of hydrogen-bond acceptors (Lipinski definition) is 4. The summed E-state index contributed by atoms with van der Waals surface area (Å²) in [5.74, 6) is -0.286. The summed E-state index contributed by atoms with van der Waals surface area (Å²) >= 11 is 12.1. The van der Waals surface area contributed by atoms with E-state index in [9.17, 15) is 4.79 Å². The van der Waals surface area contributed by atoms with Gasteiger partial charge in [-0.2, -0.15) is 9.78 Å². The Morgan fingerprint density at radius 3 is 2.40 bits per heavy atom. The van der Waals surface area contributed by atoms with Crippen LogP contribution in [0.25, 0.3) is 22.4 Å². The molecule has 0 saturated heterocycles. The van der Waals surface area contributed by atoms with Crippen molar-refractivity contribution < 1.29 is 4.79 Å². The van der Waals surface area contributed by atoms with Crippen LogP contribution in [0.2, 0.25) is 10.3 Å². The van der Waals surface area contributed by atoms with Gasteiger partial charge in [-0.05, 0) is 12.1 Å². The molecular formula is C13H8Cl2N4O. The standard InChI is InChI=1S/C13H8Cl2N4O/c1-7(20)19-11(14)6-10(18-19)12-13(15)17-9-5-3-2-4-8(9)16-12/h2-6H,1H3. The van der Waals surface area contributed by atoms with E-state index in [0.717, 1.165) is 4.68 Å². The van der Waals surface area contributed by atoms with Gasteiger partial charge in [0.25, 0.3) is 0 Å². The molecule has 7 heteroatoms. The summed E-state index contributed by atoms with van der Waals surface area (Å²) in [6.07, 6.45) is 0. The van der Waals surface area contributed by atoms with Gasteiger partial charge in [0.2, 0.25) is 5.91 Å². The molecule has 2 aromatic heterocycles. The Bertz CT molecular complexity index is 828. The molecule has 0 fully saturated rings. The second-order valence-corrected chi connectivity index (χ2v) is 4.88. The molecule has 3 rings (SSSR count). The van der Waals surface area contributed by atoms with Crippen LogP contribution in [0.1, 0.15) is 11.7 Å². The number of carbonyl (C=O) groups excluding carboxylic acids is 1. The van der Waals surface area contributed by atoms with Gasteiger partial charge in [0.05, 0.1) is 11.0 Å². The maximum absolute atomic E-state index is 11.4. The van der Waals surface area contributed by atoms with Crippen LogP contribution >= 0.6 is 23.2 Å². The van der Waals surface area contributed by atoms with Gasteiger partial charge in [-0.1, -0.05) is 35.3 Å². The molecule has 0 atom stereocenters. The van der Waals surface area contributed by atoms with E-state index in [1.165, 1.54) is 13.0 Å². The zero-order chi connectivity index (χ0) is 14.3. The minimum Gasteiger partial charge on any atom is -0.273 e. The molecule has 0 N–H and O–H groups in total. The van der Waals surface area contributed by atoms with Gasteiger partial charge in [0, 0.05) is 13.0 Å². The van der Waals surface area contributed by atoms with Crippen molar-refractivity contribution in [3.63, 3.8) is 0 Å². The number of carbonyl (C=O) groups is 1. The van der Waals surface area contributed by atoms with Crippen LogP contribution < -0.4 is 0 Å². The number of halogens is 2. The lowest BCUT2D eigenvalue weighted by atomic mass is 10.2. The van der Waals surface area contributed by atoms with E-state index in [0.29, 0.717) is 22.4 Å². The van der Waals surface area contributed by atoms with Gasteiger partial charge in [-0.3, -0.25) is 4.79 Å². The molecule has 2 heterocycles. The zero-order valence-corrected chi connectivity index (χ0v) is 11.9. The van der Waals surface area contributed by atoms with Crippen molar-refractivity contribution in [2.75, 3.05) is 0 Å². The fourth-order valence-corrected chi connectivity index (χ4v) is 2.33. The van der Waals surface area contributed by atoms with E-state index in [1.54, 1.807) is 0 Å². The van der Waals surface area contributed by atoms with Crippen molar-refractivity contribution in [3.05, 3.63) is 40.6 Å². The van der Waals surface area contributed by atoms with Crippen LogP contribution in [-0.2, 0) is 0 Å². The summed E-state index contributed by atoms with van der Waals surface area (Å²) in [5, 5.41) is 4.52. The average Bonchev–Trinajstić information content (AvgIpc) is 2.80. The molecule has 0 aliphatic rings. The van der Waals surface area contributed by atoms with Gasteiger partial charge >= 0.3 is 0 Å².